The first-order valence-corrected chi connectivity index (χ1v) is 5.57. The van der Waals surface area contributed by atoms with Gasteiger partial charge in [0, 0.05) is 10.6 Å². The molecule has 0 aliphatic carbocycles. The summed E-state index contributed by atoms with van der Waals surface area (Å²) >= 11 is 6.08. The summed E-state index contributed by atoms with van der Waals surface area (Å²) in [4.78, 5) is 0. The van der Waals surface area contributed by atoms with E-state index in [2.05, 4.69) is 5.43 Å². The number of nitrogens with two attached hydrogens (primary N) is 1. The second kappa shape index (κ2) is 5.27. The second-order valence-corrected chi connectivity index (χ2v) is 4.05. The van der Waals surface area contributed by atoms with Gasteiger partial charge in [0.15, 0.2) is 0 Å². The van der Waals surface area contributed by atoms with E-state index >= 15 is 0 Å². The van der Waals surface area contributed by atoms with Crippen LogP contribution < -0.4 is 11.3 Å². The lowest BCUT2D eigenvalue weighted by molar-refractivity contribution is 0.560. The van der Waals surface area contributed by atoms with Crippen LogP contribution in [0, 0.1) is 5.82 Å². The first-order valence-electron chi connectivity index (χ1n) is 5.19. The molecule has 0 saturated heterocycles. The van der Waals surface area contributed by atoms with Gasteiger partial charge in [-0.15, -0.1) is 0 Å². The Labute approximate surface area is 104 Å². The zero-order valence-electron chi connectivity index (χ0n) is 9.03. The normalized spacial score (nSPS) is 12.4. The molecule has 3 N–H and O–H groups in total. The fourth-order valence-electron chi connectivity index (χ4n) is 1.77. The summed E-state index contributed by atoms with van der Waals surface area (Å²) < 4.78 is 13.7. The number of hydrazine groups is 1. The smallest absolute Gasteiger partial charge is 0.128 e. The molecule has 1 unspecified atom stereocenters. The summed E-state index contributed by atoms with van der Waals surface area (Å²) in [6.07, 6.45) is 0. The molecule has 88 valence electrons. The minimum Gasteiger partial charge on any atom is -0.271 e. The van der Waals surface area contributed by atoms with Crippen molar-refractivity contribution in [1.82, 2.24) is 5.43 Å². The topological polar surface area (TPSA) is 38.0 Å². The van der Waals surface area contributed by atoms with Gasteiger partial charge in [-0.2, -0.15) is 0 Å². The minimum atomic E-state index is -0.454. The number of halogens is 2. The monoisotopic (exact) mass is 250 g/mol. The third-order valence-electron chi connectivity index (χ3n) is 2.60. The van der Waals surface area contributed by atoms with Crippen LogP contribution in [0.4, 0.5) is 4.39 Å². The highest BCUT2D eigenvalue weighted by Gasteiger charge is 2.18. The van der Waals surface area contributed by atoms with Gasteiger partial charge in [-0.3, -0.25) is 5.84 Å². The first kappa shape index (κ1) is 12.0. The molecule has 2 aromatic rings. The van der Waals surface area contributed by atoms with Crippen LogP contribution >= 0.6 is 11.6 Å². The van der Waals surface area contributed by atoms with Gasteiger partial charge in [0.1, 0.15) is 5.82 Å². The van der Waals surface area contributed by atoms with Gasteiger partial charge in [0.2, 0.25) is 0 Å². The van der Waals surface area contributed by atoms with E-state index in [0.29, 0.717) is 10.6 Å². The molecule has 0 aliphatic heterocycles. The average molecular weight is 251 g/mol. The molecule has 0 fully saturated rings. The van der Waals surface area contributed by atoms with E-state index in [1.54, 1.807) is 24.3 Å². The lowest BCUT2D eigenvalue weighted by Gasteiger charge is -2.18. The second-order valence-electron chi connectivity index (χ2n) is 3.64. The maximum absolute atomic E-state index is 13.7. The highest BCUT2D eigenvalue weighted by Crippen LogP contribution is 2.28. The van der Waals surface area contributed by atoms with E-state index in [-0.39, 0.29) is 5.82 Å². The van der Waals surface area contributed by atoms with E-state index < -0.39 is 6.04 Å². The molecule has 4 heteroatoms. The van der Waals surface area contributed by atoms with Gasteiger partial charge in [-0.25, -0.2) is 9.82 Å². The van der Waals surface area contributed by atoms with Gasteiger partial charge in [0.05, 0.1) is 6.04 Å². The molecule has 0 amide bonds. The molecular weight excluding hydrogens is 239 g/mol. The lowest BCUT2D eigenvalue weighted by atomic mass is 9.99. The van der Waals surface area contributed by atoms with Crippen LogP contribution in [0.1, 0.15) is 17.2 Å². The molecule has 2 aromatic carbocycles. The van der Waals surface area contributed by atoms with Crippen LogP contribution in [0.2, 0.25) is 5.02 Å². The maximum Gasteiger partial charge on any atom is 0.128 e. The molecule has 0 saturated carbocycles. The van der Waals surface area contributed by atoms with E-state index in [0.717, 1.165) is 5.56 Å². The average Bonchev–Trinajstić information content (AvgIpc) is 2.34. The van der Waals surface area contributed by atoms with Crippen LogP contribution in [0.5, 0.6) is 0 Å². The fourth-order valence-corrected chi connectivity index (χ4v) is 2.01. The predicted molar refractivity (Wildman–Crippen MR) is 67.0 cm³/mol. The summed E-state index contributed by atoms with van der Waals surface area (Å²) in [6.45, 7) is 0. The summed E-state index contributed by atoms with van der Waals surface area (Å²) in [5.74, 6) is 5.19. The number of nitrogens with one attached hydrogen (secondary N) is 1. The van der Waals surface area contributed by atoms with Crippen LogP contribution in [0.25, 0.3) is 0 Å². The van der Waals surface area contributed by atoms with Gasteiger partial charge < -0.3 is 0 Å². The zero-order chi connectivity index (χ0) is 12.3. The zero-order valence-corrected chi connectivity index (χ0v) is 9.79. The fraction of sp³-hybridized carbons (Fsp3) is 0.0769. The first-order chi connectivity index (χ1) is 8.24. The summed E-state index contributed by atoms with van der Waals surface area (Å²) in [6, 6.07) is 13.3. The number of benzene rings is 2. The van der Waals surface area contributed by atoms with E-state index in [9.17, 15) is 4.39 Å². The molecular formula is C13H12ClFN2. The van der Waals surface area contributed by atoms with E-state index in [4.69, 9.17) is 17.4 Å². The highest BCUT2D eigenvalue weighted by molar-refractivity contribution is 6.31. The number of hydrogen-bond acceptors (Lipinski definition) is 2. The quantitative estimate of drug-likeness (QED) is 0.649. The Balaban J connectivity index is 2.48. The Morgan fingerprint density at radius 2 is 1.59 bits per heavy atom. The van der Waals surface area contributed by atoms with Crippen molar-refractivity contribution in [2.24, 2.45) is 5.84 Å². The van der Waals surface area contributed by atoms with Crippen molar-refractivity contribution < 1.29 is 4.39 Å². The molecule has 1 atom stereocenters. The van der Waals surface area contributed by atoms with E-state index in [1.165, 1.54) is 6.07 Å². The molecule has 0 heterocycles. The van der Waals surface area contributed by atoms with Gasteiger partial charge >= 0.3 is 0 Å². The number of hydrogen-bond donors (Lipinski definition) is 2. The van der Waals surface area contributed by atoms with E-state index in [1.807, 2.05) is 18.2 Å². The van der Waals surface area contributed by atoms with Crippen LogP contribution in [-0.4, -0.2) is 0 Å². The Bertz CT molecular complexity index is 471. The van der Waals surface area contributed by atoms with Crippen molar-refractivity contribution in [2.75, 3.05) is 0 Å². The largest absolute Gasteiger partial charge is 0.271 e. The Kier molecular flexibility index (Phi) is 3.74. The van der Waals surface area contributed by atoms with Crippen LogP contribution in [-0.2, 0) is 0 Å². The highest BCUT2D eigenvalue weighted by atomic mass is 35.5. The van der Waals surface area contributed by atoms with Crippen molar-refractivity contribution in [3.8, 4) is 0 Å². The maximum atomic E-state index is 13.7. The molecule has 0 bridgehead atoms. The predicted octanol–water partition coefficient (Wildman–Crippen LogP) is 3.03. The summed E-state index contributed by atoms with van der Waals surface area (Å²) in [7, 11) is 0. The minimum absolute atomic E-state index is 0.310. The molecule has 0 spiro atoms. The third kappa shape index (κ3) is 2.47. The summed E-state index contributed by atoms with van der Waals surface area (Å²) in [5, 5.41) is 0.554. The van der Waals surface area contributed by atoms with Crippen LogP contribution in [0.3, 0.4) is 0 Å². The third-order valence-corrected chi connectivity index (χ3v) is 2.94. The van der Waals surface area contributed by atoms with Gasteiger partial charge in [0.25, 0.3) is 0 Å². The molecule has 0 aliphatic rings. The van der Waals surface area contributed by atoms with Crippen molar-refractivity contribution in [2.45, 2.75) is 6.04 Å². The lowest BCUT2D eigenvalue weighted by Crippen LogP contribution is -2.29. The van der Waals surface area contributed by atoms with Crippen molar-refractivity contribution >= 4 is 11.6 Å². The van der Waals surface area contributed by atoms with Crippen molar-refractivity contribution in [1.29, 1.82) is 0 Å². The Hall–Kier alpha value is -1.42. The molecule has 2 rings (SSSR count). The van der Waals surface area contributed by atoms with Crippen LogP contribution in [0.15, 0.2) is 48.5 Å². The standard InChI is InChI=1S/C13H12ClFN2/c14-11-7-3-1-5-9(11)13(17-16)10-6-2-4-8-12(10)15/h1-8,13,17H,16H2. The Morgan fingerprint density at radius 1 is 1.00 bits per heavy atom. The summed E-state index contributed by atoms with van der Waals surface area (Å²) in [5.41, 5.74) is 3.82. The van der Waals surface area contributed by atoms with Gasteiger partial charge in [-0.1, -0.05) is 48.0 Å². The molecule has 17 heavy (non-hydrogen) atoms. The SMILES string of the molecule is NNC(c1ccccc1F)c1ccccc1Cl. The van der Waals surface area contributed by atoms with Crippen molar-refractivity contribution in [3.05, 3.63) is 70.5 Å². The van der Waals surface area contributed by atoms with Crippen molar-refractivity contribution in [3.63, 3.8) is 0 Å². The number of rotatable bonds is 3. The molecule has 2 nitrogen and oxygen atoms in total. The molecule has 0 aromatic heterocycles. The Morgan fingerprint density at radius 3 is 2.18 bits per heavy atom. The van der Waals surface area contributed by atoms with Gasteiger partial charge in [-0.05, 0) is 17.7 Å². The molecule has 0 radical (unpaired) electrons.